The van der Waals surface area contributed by atoms with Crippen molar-refractivity contribution in [2.24, 2.45) is 0 Å². The van der Waals surface area contributed by atoms with Gasteiger partial charge in [-0.1, -0.05) is 29.6 Å². The van der Waals surface area contributed by atoms with Crippen LogP contribution in [0.2, 0.25) is 10.0 Å². The van der Waals surface area contributed by atoms with Gasteiger partial charge in [0, 0.05) is 21.7 Å². The lowest BCUT2D eigenvalue weighted by Crippen LogP contribution is -2.53. The Kier molecular flexibility index (Phi) is 5.07. The van der Waals surface area contributed by atoms with Crippen LogP contribution in [0.4, 0.5) is 0 Å². The van der Waals surface area contributed by atoms with Crippen molar-refractivity contribution in [2.75, 3.05) is 6.61 Å². The predicted octanol–water partition coefficient (Wildman–Crippen LogP) is 4.51. The molecule has 2 N–H and O–H groups in total. The van der Waals surface area contributed by atoms with E-state index < -0.39 is 0 Å². The summed E-state index contributed by atoms with van der Waals surface area (Å²) in [5.74, 6) is 0. The summed E-state index contributed by atoms with van der Waals surface area (Å²) in [7, 11) is 0. The molecule has 2 saturated carbocycles. The van der Waals surface area contributed by atoms with Crippen LogP contribution < -0.4 is 5.32 Å². The smallest absolute Gasteiger partial charge is 0.0613 e. The maximum Gasteiger partial charge on any atom is 0.0613 e. The number of hydrogen-bond donors (Lipinski definition) is 2. The molecule has 2 aliphatic carbocycles. The summed E-state index contributed by atoms with van der Waals surface area (Å²) in [5.41, 5.74) is -0.0761. The molecule has 1 aromatic rings. The largest absolute Gasteiger partial charge is 0.394 e. The van der Waals surface area contributed by atoms with Crippen molar-refractivity contribution < 1.29 is 5.11 Å². The topological polar surface area (TPSA) is 32.3 Å². The highest BCUT2D eigenvalue weighted by molar-refractivity contribution is 8.00. The van der Waals surface area contributed by atoms with Gasteiger partial charge in [-0.2, -0.15) is 0 Å². The Labute approximate surface area is 140 Å². The van der Waals surface area contributed by atoms with Crippen molar-refractivity contribution in [2.45, 2.75) is 60.3 Å². The normalized spacial score (nSPS) is 29.6. The van der Waals surface area contributed by atoms with Gasteiger partial charge in [-0.15, -0.1) is 11.8 Å². The molecule has 0 aromatic heterocycles. The molecule has 116 valence electrons. The first kappa shape index (κ1) is 15.9. The summed E-state index contributed by atoms with van der Waals surface area (Å²) < 4.78 is 0. The Morgan fingerprint density at radius 1 is 1.24 bits per heavy atom. The Morgan fingerprint density at radius 2 is 2.05 bits per heavy atom. The van der Waals surface area contributed by atoms with E-state index in [1.54, 1.807) is 0 Å². The van der Waals surface area contributed by atoms with E-state index in [1.165, 1.54) is 25.7 Å². The van der Waals surface area contributed by atoms with E-state index in [0.717, 1.165) is 17.7 Å². The number of aliphatic hydroxyl groups excluding tert-OH is 1. The monoisotopic (exact) mass is 345 g/mol. The third-order valence-electron chi connectivity index (χ3n) is 4.38. The Morgan fingerprint density at radius 3 is 2.71 bits per heavy atom. The molecular weight excluding hydrogens is 325 g/mol. The highest BCUT2D eigenvalue weighted by Crippen LogP contribution is 2.40. The van der Waals surface area contributed by atoms with Crippen LogP contribution in [0.3, 0.4) is 0 Å². The second-order valence-electron chi connectivity index (χ2n) is 6.27. The summed E-state index contributed by atoms with van der Waals surface area (Å²) in [6.45, 7) is 0.238. The molecule has 0 radical (unpaired) electrons. The van der Waals surface area contributed by atoms with Crippen molar-refractivity contribution in [1.82, 2.24) is 5.32 Å². The van der Waals surface area contributed by atoms with Gasteiger partial charge in [0.1, 0.15) is 0 Å². The lowest BCUT2D eigenvalue weighted by molar-refractivity contribution is 0.122. The van der Waals surface area contributed by atoms with Crippen molar-refractivity contribution in [3.8, 4) is 0 Å². The zero-order valence-electron chi connectivity index (χ0n) is 11.9. The highest BCUT2D eigenvalue weighted by atomic mass is 35.5. The molecule has 2 unspecified atom stereocenters. The van der Waals surface area contributed by atoms with Gasteiger partial charge in [0.25, 0.3) is 0 Å². The molecule has 2 atom stereocenters. The highest BCUT2D eigenvalue weighted by Gasteiger charge is 2.39. The Hall–Kier alpha value is 0.0700. The molecule has 2 aliphatic rings. The molecule has 21 heavy (non-hydrogen) atoms. The fourth-order valence-corrected chi connectivity index (χ4v) is 4.90. The first-order chi connectivity index (χ1) is 10.1. The minimum atomic E-state index is -0.0761. The van der Waals surface area contributed by atoms with Gasteiger partial charge < -0.3 is 10.4 Å². The number of rotatable bonds is 5. The van der Waals surface area contributed by atoms with Gasteiger partial charge in [0.05, 0.1) is 16.7 Å². The Bertz CT molecular complexity index is 509. The molecule has 0 spiro atoms. The average Bonchev–Trinajstić information content (AvgIpc) is 3.27. The molecule has 5 heteroatoms. The molecule has 0 amide bonds. The summed E-state index contributed by atoms with van der Waals surface area (Å²) in [6, 6.07) is 6.46. The van der Waals surface area contributed by atoms with Gasteiger partial charge in [0.2, 0.25) is 0 Å². The zero-order valence-corrected chi connectivity index (χ0v) is 14.3. The molecule has 0 bridgehead atoms. The second kappa shape index (κ2) is 6.67. The molecule has 2 fully saturated rings. The molecule has 0 saturated heterocycles. The second-order valence-corrected chi connectivity index (χ2v) is 8.46. The number of benzene rings is 1. The number of nitrogens with one attached hydrogen (secondary N) is 1. The quantitative estimate of drug-likeness (QED) is 0.823. The summed E-state index contributed by atoms with van der Waals surface area (Å²) >= 11 is 13.9. The number of halogens is 2. The standard InChI is InChI=1S/C16H21Cl2NOS/c17-14-6-5-12(8-15(14)18)21-13-2-1-7-16(9-13,10-20)19-11-3-4-11/h5-6,8,11,13,19-20H,1-4,7,9-10H2. The summed E-state index contributed by atoms with van der Waals surface area (Å²) in [4.78, 5) is 1.16. The third-order valence-corrected chi connectivity index (χ3v) is 6.38. The maximum atomic E-state index is 9.87. The minimum Gasteiger partial charge on any atom is -0.394 e. The number of thioether (sulfide) groups is 1. The van der Waals surface area contributed by atoms with Gasteiger partial charge >= 0.3 is 0 Å². The molecule has 0 heterocycles. The van der Waals surface area contributed by atoms with Crippen molar-refractivity contribution in [3.05, 3.63) is 28.2 Å². The van der Waals surface area contributed by atoms with Gasteiger partial charge in [-0.05, 0) is 50.3 Å². The van der Waals surface area contributed by atoms with E-state index >= 15 is 0 Å². The van der Waals surface area contributed by atoms with Crippen LogP contribution in [-0.4, -0.2) is 28.5 Å². The summed E-state index contributed by atoms with van der Waals surface area (Å²) in [6.07, 6.45) is 6.97. The maximum absolute atomic E-state index is 9.87. The number of hydrogen-bond acceptors (Lipinski definition) is 3. The summed E-state index contributed by atoms with van der Waals surface area (Å²) in [5, 5.41) is 15.3. The lowest BCUT2D eigenvalue weighted by atomic mass is 9.82. The van der Waals surface area contributed by atoms with Gasteiger partial charge in [-0.3, -0.25) is 0 Å². The van der Waals surface area contributed by atoms with Crippen LogP contribution in [-0.2, 0) is 0 Å². The lowest BCUT2D eigenvalue weighted by Gasteiger charge is -2.40. The van der Waals surface area contributed by atoms with Gasteiger partial charge in [0.15, 0.2) is 0 Å². The van der Waals surface area contributed by atoms with E-state index in [0.29, 0.717) is 21.3 Å². The van der Waals surface area contributed by atoms with E-state index in [2.05, 4.69) is 5.32 Å². The zero-order chi connectivity index (χ0) is 14.9. The van der Waals surface area contributed by atoms with Crippen LogP contribution in [0.1, 0.15) is 38.5 Å². The van der Waals surface area contributed by atoms with Crippen LogP contribution in [0.15, 0.2) is 23.1 Å². The fourth-order valence-electron chi connectivity index (χ4n) is 3.13. The predicted molar refractivity (Wildman–Crippen MR) is 90.5 cm³/mol. The van der Waals surface area contributed by atoms with E-state index in [4.69, 9.17) is 23.2 Å². The van der Waals surface area contributed by atoms with Crippen LogP contribution >= 0.6 is 35.0 Å². The van der Waals surface area contributed by atoms with Crippen LogP contribution in [0.5, 0.6) is 0 Å². The van der Waals surface area contributed by atoms with Crippen LogP contribution in [0, 0.1) is 0 Å². The van der Waals surface area contributed by atoms with E-state index in [9.17, 15) is 5.11 Å². The Balaban J connectivity index is 1.65. The van der Waals surface area contributed by atoms with E-state index in [-0.39, 0.29) is 12.1 Å². The third kappa shape index (κ3) is 4.08. The van der Waals surface area contributed by atoms with Crippen molar-refractivity contribution >= 4 is 35.0 Å². The minimum absolute atomic E-state index is 0.0761. The molecule has 1 aromatic carbocycles. The average molecular weight is 346 g/mol. The first-order valence-electron chi connectivity index (χ1n) is 7.60. The van der Waals surface area contributed by atoms with Crippen LogP contribution in [0.25, 0.3) is 0 Å². The van der Waals surface area contributed by atoms with Crippen molar-refractivity contribution in [3.63, 3.8) is 0 Å². The fraction of sp³-hybridized carbons (Fsp3) is 0.625. The van der Waals surface area contributed by atoms with E-state index in [1.807, 2.05) is 30.0 Å². The molecule has 3 rings (SSSR count). The molecular formula is C16H21Cl2NOS. The number of aliphatic hydroxyl groups is 1. The van der Waals surface area contributed by atoms with Crippen molar-refractivity contribution in [1.29, 1.82) is 0 Å². The molecule has 0 aliphatic heterocycles. The molecule has 2 nitrogen and oxygen atoms in total. The van der Waals surface area contributed by atoms with Gasteiger partial charge in [-0.25, -0.2) is 0 Å². The first-order valence-corrected chi connectivity index (χ1v) is 9.24. The SMILES string of the molecule is OCC1(NC2CC2)CCCC(Sc2ccc(Cl)c(Cl)c2)C1.